The van der Waals surface area contributed by atoms with E-state index >= 15 is 0 Å². The van der Waals surface area contributed by atoms with Gasteiger partial charge >= 0.3 is 5.97 Å². The molecule has 0 bridgehead atoms. The minimum atomic E-state index is -0.323. The monoisotopic (exact) mass is 186 g/mol. The van der Waals surface area contributed by atoms with Gasteiger partial charge in [0.05, 0.1) is 6.61 Å². The molecule has 0 saturated carbocycles. The summed E-state index contributed by atoms with van der Waals surface area (Å²) in [6, 6.07) is 0. The normalized spacial score (nSPS) is 30.1. The molecular formula is C9H14O4. The standard InChI is InChI=1S/C9H14O4/c1-2-12-8(10)7-9(13-7)3-5-11-6-4-9/h7H,2-6H2,1H3. The number of esters is 1. The zero-order valence-electron chi connectivity index (χ0n) is 7.75. The van der Waals surface area contributed by atoms with Crippen molar-refractivity contribution in [1.82, 2.24) is 0 Å². The quantitative estimate of drug-likeness (QED) is 0.465. The van der Waals surface area contributed by atoms with Gasteiger partial charge in [0.2, 0.25) is 0 Å². The fourth-order valence-electron chi connectivity index (χ4n) is 1.78. The Balaban J connectivity index is 1.88. The summed E-state index contributed by atoms with van der Waals surface area (Å²) >= 11 is 0. The average Bonchev–Trinajstić information content (AvgIpc) is 2.81. The smallest absolute Gasteiger partial charge is 0.338 e. The van der Waals surface area contributed by atoms with E-state index < -0.39 is 0 Å². The van der Waals surface area contributed by atoms with Gasteiger partial charge in [0.15, 0.2) is 6.10 Å². The van der Waals surface area contributed by atoms with Crippen LogP contribution in [0.1, 0.15) is 19.8 Å². The van der Waals surface area contributed by atoms with Gasteiger partial charge in [-0.05, 0) is 6.92 Å². The van der Waals surface area contributed by atoms with E-state index in [9.17, 15) is 4.79 Å². The largest absolute Gasteiger partial charge is 0.464 e. The maximum Gasteiger partial charge on any atom is 0.338 e. The van der Waals surface area contributed by atoms with Gasteiger partial charge in [0.1, 0.15) is 5.60 Å². The van der Waals surface area contributed by atoms with Gasteiger partial charge in [-0.2, -0.15) is 0 Å². The summed E-state index contributed by atoms with van der Waals surface area (Å²) in [5.74, 6) is -0.218. The van der Waals surface area contributed by atoms with Crippen molar-refractivity contribution < 1.29 is 19.0 Å². The van der Waals surface area contributed by atoms with Crippen molar-refractivity contribution in [2.45, 2.75) is 31.5 Å². The number of carbonyl (C=O) groups excluding carboxylic acids is 1. The lowest BCUT2D eigenvalue weighted by molar-refractivity contribution is -0.144. The third kappa shape index (κ3) is 1.56. The molecule has 0 amide bonds. The van der Waals surface area contributed by atoms with Crippen LogP contribution in [0.2, 0.25) is 0 Å². The summed E-state index contributed by atoms with van der Waals surface area (Å²) in [4.78, 5) is 11.3. The van der Waals surface area contributed by atoms with Crippen LogP contribution in [-0.2, 0) is 19.0 Å². The minimum Gasteiger partial charge on any atom is -0.464 e. The van der Waals surface area contributed by atoms with E-state index in [1.54, 1.807) is 6.92 Å². The van der Waals surface area contributed by atoms with Crippen molar-refractivity contribution in [2.75, 3.05) is 19.8 Å². The average molecular weight is 186 g/mol. The van der Waals surface area contributed by atoms with E-state index in [1.807, 2.05) is 0 Å². The van der Waals surface area contributed by atoms with E-state index in [0.717, 1.165) is 12.8 Å². The van der Waals surface area contributed by atoms with Crippen molar-refractivity contribution in [3.05, 3.63) is 0 Å². The van der Waals surface area contributed by atoms with E-state index in [0.29, 0.717) is 19.8 Å². The molecule has 2 saturated heterocycles. The highest BCUT2D eigenvalue weighted by Crippen LogP contribution is 2.45. The Bertz CT molecular complexity index is 208. The van der Waals surface area contributed by atoms with Crippen LogP contribution >= 0.6 is 0 Å². The lowest BCUT2D eigenvalue weighted by atomic mass is 9.96. The fraction of sp³-hybridized carbons (Fsp3) is 0.889. The zero-order valence-corrected chi connectivity index (χ0v) is 7.75. The Morgan fingerprint density at radius 2 is 2.23 bits per heavy atom. The number of hydrogen-bond donors (Lipinski definition) is 0. The minimum absolute atomic E-state index is 0.218. The number of hydrogen-bond acceptors (Lipinski definition) is 4. The fourth-order valence-corrected chi connectivity index (χ4v) is 1.78. The summed E-state index contributed by atoms with van der Waals surface area (Å²) in [5.41, 5.74) is -0.232. The van der Waals surface area contributed by atoms with E-state index in [-0.39, 0.29) is 17.7 Å². The summed E-state index contributed by atoms with van der Waals surface area (Å²) in [7, 11) is 0. The first-order valence-corrected chi connectivity index (χ1v) is 4.71. The van der Waals surface area contributed by atoms with Gasteiger partial charge < -0.3 is 14.2 Å². The first kappa shape index (κ1) is 8.97. The molecule has 2 aliphatic heterocycles. The molecule has 2 heterocycles. The molecule has 0 N–H and O–H groups in total. The predicted molar refractivity (Wildman–Crippen MR) is 44.3 cm³/mol. The lowest BCUT2D eigenvalue weighted by Crippen LogP contribution is -2.29. The molecule has 2 aliphatic rings. The van der Waals surface area contributed by atoms with Crippen LogP contribution in [0.3, 0.4) is 0 Å². The van der Waals surface area contributed by atoms with Crippen LogP contribution in [-0.4, -0.2) is 37.5 Å². The van der Waals surface area contributed by atoms with Crippen LogP contribution in [0.5, 0.6) is 0 Å². The SMILES string of the molecule is CCOC(=O)C1OC12CCOCC2. The summed E-state index contributed by atoms with van der Waals surface area (Å²) in [6.07, 6.45) is 1.31. The first-order valence-electron chi connectivity index (χ1n) is 4.71. The molecule has 74 valence electrons. The summed E-state index contributed by atoms with van der Waals surface area (Å²) < 4.78 is 15.5. The Morgan fingerprint density at radius 1 is 1.54 bits per heavy atom. The molecule has 0 aromatic heterocycles. The van der Waals surface area contributed by atoms with E-state index in [2.05, 4.69) is 0 Å². The molecule has 2 fully saturated rings. The Labute approximate surface area is 77.1 Å². The van der Waals surface area contributed by atoms with Crippen LogP contribution in [0.15, 0.2) is 0 Å². The first-order chi connectivity index (χ1) is 6.28. The Hall–Kier alpha value is -0.610. The zero-order chi connectivity index (χ0) is 9.31. The lowest BCUT2D eigenvalue weighted by Gasteiger charge is -2.18. The molecule has 0 aromatic carbocycles. The van der Waals surface area contributed by atoms with Crippen molar-refractivity contribution in [3.8, 4) is 0 Å². The van der Waals surface area contributed by atoms with Crippen molar-refractivity contribution in [3.63, 3.8) is 0 Å². The van der Waals surface area contributed by atoms with Crippen LogP contribution < -0.4 is 0 Å². The van der Waals surface area contributed by atoms with Crippen molar-refractivity contribution in [1.29, 1.82) is 0 Å². The number of carbonyl (C=O) groups is 1. The number of rotatable bonds is 2. The molecule has 1 atom stereocenters. The number of epoxide rings is 1. The summed E-state index contributed by atoms with van der Waals surface area (Å²) in [6.45, 7) is 3.61. The maximum atomic E-state index is 11.3. The van der Waals surface area contributed by atoms with E-state index in [1.165, 1.54) is 0 Å². The molecule has 4 nitrogen and oxygen atoms in total. The molecule has 0 radical (unpaired) electrons. The topological polar surface area (TPSA) is 48.1 Å². The molecule has 0 aliphatic carbocycles. The second-order valence-corrected chi connectivity index (χ2v) is 3.43. The highest BCUT2D eigenvalue weighted by Gasteiger charge is 2.61. The molecule has 13 heavy (non-hydrogen) atoms. The van der Waals surface area contributed by atoms with Gasteiger partial charge in [-0.3, -0.25) is 0 Å². The van der Waals surface area contributed by atoms with E-state index in [4.69, 9.17) is 14.2 Å². The van der Waals surface area contributed by atoms with Crippen molar-refractivity contribution in [2.24, 2.45) is 0 Å². The predicted octanol–water partition coefficient (Wildman–Crippen LogP) is 0.498. The van der Waals surface area contributed by atoms with Crippen LogP contribution in [0.4, 0.5) is 0 Å². The van der Waals surface area contributed by atoms with Gasteiger partial charge in [-0.25, -0.2) is 4.79 Å². The second kappa shape index (κ2) is 3.27. The maximum absolute atomic E-state index is 11.3. The number of ether oxygens (including phenoxy) is 3. The van der Waals surface area contributed by atoms with Crippen LogP contribution in [0.25, 0.3) is 0 Å². The Kier molecular flexibility index (Phi) is 2.26. The van der Waals surface area contributed by atoms with Gasteiger partial charge in [-0.1, -0.05) is 0 Å². The van der Waals surface area contributed by atoms with Crippen molar-refractivity contribution >= 4 is 5.97 Å². The third-order valence-corrected chi connectivity index (χ3v) is 2.61. The third-order valence-electron chi connectivity index (χ3n) is 2.61. The van der Waals surface area contributed by atoms with Gasteiger partial charge in [0.25, 0.3) is 0 Å². The molecule has 1 unspecified atom stereocenters. The second-order valence-electron chi connectivity index (χ2n) is 3.43. The molecule has 4 heteroatoms. The Morgan fingerprint density at radius 3 is 2.85 bits per heavy atom. The molecular weight excluding hydrogens is 172 g/mol. The van der Waals surface area contributed by atoms with Gasteiger partial charge in [0, 0.05) is 26.1 Å². The molecule has 2 rings (SSSR count). The van der Waals surface area contributed by atoms with Crippen LogP contribution in [0, 0.1) is 0 Å². The van der Waals surface area contributed by atoms with Gasteiger partial charge in [-0.15, -0.1) is 0 Å². The highest BCUT2D eigenvalue weighted by atomic mass is 16.7. The summed E-state index contributed by atoms with van der Waals surface area (Å²) in [5, 5.41) is 0. The molecule has 1 spiro atoms. The highest BCUT2D eigenvalue weighted by molar-refractivity contribution is 5.79. The molecule has 0 aromatic rings.